The molecule has 3 rings (SSSR count). The highest BCUT2D eigenvalue weighted by Crippen LogP contribution is 2.28. The molecule has 0 bridgehead atoms. The van der Waals surface area contributed by atoms with E-state index in [9.17, 15) is 9.59 Å². The summed E-state index contributed by atoms with van der Waals surface area (Å²) in [5.74, 6) is 0.938. The number of thiazole rings is 1. The molecule has 0 saturated heterocycles. The highest BCUT2D eigenvalue weighted by Gasteiger charge is 2.05. The molecule has 0 aliphatic carbocycles. The lowest BCUT2D eigenvalue weighted by molar-refractivity contribution is -0.110. The maximum absolute atomic E-state index is 12.3. The highest BCUT2D eigenvalue weighted by molar-refractivity contribution is 7.07. The second kappa shape index (κ2) is 9.25. The Balaban J connectivity index is 1.87. The lowest BCUT2D eigenvalue weighted by atomic mass is 10.2. The van der Waals surface area contributed by atoms with Crippen molar-refractivity contribution in [1.82, 2.24) is 4.98 Å². The molecule has 6 nitrogen and oxygen atoms in total. The van der Waals surface area contributed by atoms with Crippen molar-refractivity contribution in [1.29, 1.82) is 0 Å². The molecular formula is C22H22N2O4S. The summed E-state index contributed by atoms with van der Waals surface area (Å²) in [6.45, 7) is 4.38. The van der Waals surface area contributed by atoms with E-state index in [4.69, 9.17) is 9.47 Å². The van der Waals surface area contributed by atoms with Crippen LogP contribution >= 0.6 is 11.3 Å². The number of rotatable bonds is 6. The zero-order valence-corrected chi connectivity index (χ0v) is 17.3. The molecule has 0 radical (unpaired) electrons. The first kappa shape index (κ1) is 20.4. The van der Waals surface area contributed by atoms with Crippen LogP contribution in [-0.4, -0.2) is 24.6 Å². The van der Waals surface area contributed by atoms with Crippen molar-refractivity contribution in [2.45, 2.75) is 13.8 Å². The van der Waals surface area contributed by atoms with Gasteiger partial charge in [0.15, 0.2) is 11.5 Å². The van der Waals surface area contributed by atoms with Gasteiger partial charge < -0.3 is 19.8 Å². The molecule has 29 heavy (non-hydrogen) atoms. The third kappa shape index (κ3) is 5.36. The maximum Gasteiger partial charge on any atom is 0.266 e. The first-order valence-electron chi connectivity index (χ1n) is 9.09. The first-order chi connectivity index (χ1) is 14.0. The van der Waals surface area contributed by atoms with Crippen LogP contribution in [0.2, 0.25) is 0 Å². The average molecular weight is 410 g/mol. The van der Waals surface area contributed by atoms with Gasteiger partial charge in [0.25, 0.3) is 11.5 Å². The number of hydrogen-bond acceptors (Lipinski definition) is 5. The van der Waals surface area contributed by atoms with Crippen LogP contribution < -0.4 is 29.5 Å². The van der Waals surface area contributed by atoms with Crippen LogP contribution in [0.4, 0.5) is 5.69 Å². The monoisotopic (exact) mass is 410 g/mol. The minimum Gasteiger partial charge on any atom is -0.493 e. The van der Waals surface area contributed by atoms with Crippen molar-refractivity contribution >= 4 is 35.1 Å². The van der Waals surface area contributed by atoms with Crippen LogP contribution in [0.3, 0.4) is 0 Å². The van der Waals surface area contributed by atoms with E-state index >= 15 is 0 Å². The highest BCUT2D eigenvalue weighted by atomic mass is 32.1. The van der Waals surface area contributed by atoms with Crippen LogP contribution in [0, 0.1) is 6.92 Å². The van der Waals surface area contributed by atoms with E-state index in [1.165, 1.54) is 17.4 Å². The fourth-order valence-corrected chi connectivity index (χ4v) is 3.55. The predicted octanol–water partition coefficient (Wildman–Crippen LogP) is 2.40. The minimum absolute atomic E-state index is 0.252. The van der Waals surface area contributed by atoms with Gasteiger partial charge in [-0.15, -0.1) is 11.3 Å². The number of aromatic nitrogens is 1. The molecule has 0 fully saturated rings. The van der Waals surface area contributed by atoms with Gasteiger partial charge in [0.1, 0.15) is 4.66 Å². The van der Waals surface area contributed by atoms with Crippen LogP contribution in [0.1, 0.15) is 18.1 Å². The number of nitrogens with one attached hydrogen (secondary N) is 2. The molecule has 0 spiro atoms. The third-order valence-electron chi connectivity index (χ3n) is 4.05. The fraction of sp³-hybridized carbons (Fsp3) is 0.182. The lowest BCUT2D eigenvalue weighted by Gasteiger charge is -2.09. The smallest absolute Gasteiger partial charge is 0.266 e. The Morgan fingerprint density at radius 1 is 1.17 bits per heavy atom. The second-order valence-corrected chi connectivity index (χ2v) is 7.36. The average Bonchev–Trinajstić information content (AvgIpc) is 3.03. The van der Waals surface area contributed by atoms with E-state index < -0.39 is 0 Å². The number of ether oxygens (including phenoxy) is 2. The number of aryl methyl sites for hydroxylation is 1. The Morgan fingerprint density at radius 2 is 1.93 bits per heavy atom. The zero-order chi connectivity index (χ0) is 20.8. The molecule has 3 aromatic rings. The summed E-state index contributed by atoms with van der Waals surface area (Å²) in [6, 6.07) is 12.9. The van der Waals surface area contributed by atoms with Crippen molar-refractivity contribution in [2.24, 2.45) is 0 Å². The molecule has 1 heterocycles. The van der Waals surface area contributed by atoms with Gasteiger partial charge in [-0.2, -0.15) is 0 Å². The Labute approximate surface area is 172 Å². The van der Waals surface area contributed by atoms with Gasteiger partial charge in [-0.3, -0.25) is 9.59 Å². The van der Waals surface area contributed by atoms with Gasteiger partial charge in [-0.25, -0.2) is 0 Å². The van der Waals surface area contributed by atoms with E-state index in [0.717, 1.165) is 11.1 Å². The molecule has 1 amide bonds. The summed E-state index contributed by atoms with van der Waals surface area (Å²) in [6.07, 6.45) is 3.13. The van der Waals surface area contributed by atoms with Crippen LogP contribution in [-0.2, 0) is 4.79 Å². The van der Waals surface area contributed by atoms with Crippen molar-refractivity contribution in [3.63, 3.8) is 0 Å². The SMILES string of the molecule is CCOc1cc(C=c2sc(=CC(=O)Nc3ccc(C)cc3)[nH]c2=O)ccc1OC. The standard InChI is InChI=1S/C22H22N2O4S/c1-4-28-18-11-15(7-10-17(18)27-3)12-19-22(26)24-21(29-19)13-20(25)23-16-8-5-14(2)6-9-16/h5-13H,4H2,1-3H3,(H,23,25)(H,24,26). The van der Waals surface area contributed by atoms with Crippen LogP contribution in [0.5, 0.6) is 11.5 Å². The van der Waals surface area contributed by atoms with Gasteiger partial charge in [0, 0.05) is 11.8 Å². The number of aromatic amines is 1. The number of carbonyl (C=O) groups excluding carboxylic acids is 1. The van der Waals surface area contributed by atoms with Gasteiger partial charge in [-0.1, -0.05) is 23.8 Å². The normalized spacial score (nSPS) is 12.1. The lowest BCUT2D eigenvalue weighted by Crippen LogP contribution is -2.20. The summed E-state index contributed by atoms with van der Waals surface area (Å²) in [5, 5.41) is 2.78. The quantitative estimate of drug-likeness (QED) is 0.654. The van der Waals surface area contributed by atoms with Crippen molar-refractivity contribution in [3.05, 3.63) is 73.1 Å². The number of anilines is 1. The number of amides is 1. The third-order valence-corrected chi connectivity index (χ3v) is 5.01. The van der Waals surface area contributed by atoms with Crippen molar-refractivity contribution in [3.8, 4) is 11.5 Å². The molecule has 0 aliphatic rings. The maximum atomic E-state index is 12.3. The number of carbonyl (C=O) groups is 1. The van der Waals surface area contributed by atoms with E-state index in [-0.39, 0.29) is 11.5 Å². The second-order valence-electron chi connectivity index (χ2n) is 6.27. The largest absolute Gasteiger partial charge is 0.493 e. The summed E-state index contributed by atoms with van der Waals surface area (Å²) in [5.41, 5.74) is 2.36. The van der Waals surface area contributed by atoms with Gasteiger partial charge in [-0.05, 0) is 49.8 Å². The summed E-state index contributed by atoms with van der Waals surface area (Å²) >= 11 is 1.21. The summed E-state index contributed by atoms with van der Waals surface area (Å²) < 4.78 is 11.8. The minimum atomic E-state index is -0.305. The Hall–Kier alpha value is -3.32. The van der Waals surface area contributed by atoms with Crippen molar-refractivity contribution in [2.75, 3.05) is 19.0 Å². The Bertz CT molecular complexity index is 1180. The molecule has 0 unspecified atom stereocenters. The molecule has 2 N–H and O–H groups in total. The van der Waals surface area contributed by atoms with E-state index in [0.29, 0.717) is 33.0 Å². The Kier molecular flexibility index (Phi) is 6.51. The van der Waals surface area contributed by atoms with E-state index in [1.807, 2.05) is 50.2 Å². The summed E-state index contributed by atoms with van der Waals surface area (Å²) in [7, 11) is 1.58. The van der Waals surface area contributed by atoms with E-state index in [1.54, 1.807) is 19.3 Å². The van der Waals surface area contributed by atoms with E-state index in [2.05, 4.69) is 10.3 Å². The van der Waals surface area contributed by atoms with Crippen molar-refractivity contribution < 1.29 is 14.3 Å². The number of benzene rings is 2. The summed E-state index contributed by atoms with van der Waals surface area (Å²) in [4.78, 5) is 27.2. The van der Waals surface area contributed by atoms with Crippen LogP contribution in [0.15, 0.2) is 47.3 Å². The van der Waals surface area contributed by atoms with Gasteiger partial charge in [0.2, 0.25) is 0 Å². The molecule has 0 aliphatic heterocycles. The Morgan fingerprint density at radius 3 is 2.62 bits per heavy atom. The van der Waals surface area contributed by atoms with Crippen LogP contribution in [0.25, 0.3) is 12.2 Å². The van der Waals surface area contributed by atoms with Gasteiger partial charge >= 0.3 is 0 Å². The fourth-order valence-electron chi connectivity index (χ4n) is 2.66. The molecule has 0 saturated carbocycles. The molecular weight excluding hydrogens is 388 g/mol. The molecule has 7 heteroatoms. The molecule has 0 atom stereocenters. The predicted molar refractivity (Wildman–Crippen MR) is 116 cm³/mol. The molecule has 150 valence electrons. The molecule has 2 aromatic carbocycles. The van der Waals surface area contributed by atoms with Gasteiger partial charge in [0.05, 0.1) is 18.2 Å². The number of hydrogen-bond donors (Lipinski definition) is 2. The zero-order valence-electron chi connectivity index (χ0n) is 16.4. The molecule has 1 aromatic heterocycles. The number of methoxy groups -OCH3 is 1. The number of H-pyrrole nitrogens is 1. The topological polar surface area (TPSA) is 80.4 Å². The first-order valence-corrected chi connectivity index (χ1v) is 9.91.